The van der Waals surface area contributed by atoms with Crippen LogP contribution in [0.5, 0.6) is 0 Å². The number of aryl methyl sites for hydroxylation is 1. The average molecular weight is 435 g/mol. The summed E-state index contributed by atoms with van der Waals surface area (Å²) in [4.78, 5) is 19.5. The number of halogens is 3. The van der Waals surface area contributed by atoms with E-state index in [0.29, 0.717) is 35.7 Å². The zero-order valence-electron chi connectivity index (χ0n) is 16.5. The summed E-state index contributed by atoms with van der Waals surface area (Å²) in [6, 6.07) is 6.43. The molecule has 0 saturated carbocycles. The van der Waals surface area contributed by atoms with Crippen molar-refractivity contribution in [3.8, 4) is 11.3 Å². The van der Waals surface area contributed by atoms with Gasteiger partial charge in [0.25, 0.3) is 11.6 Å². The Labute approximate surface area is 175 Å². The predicted octanol–water partition coefficient (Wildman–Crippen LogP) is 5.04. The lowest BCUT2D eigenvalue weighted by Crippen LogP contribution is -2.35. The van der Waals surface area contributed by atoms with E-state index in [1.54, 1.807) is 17.9 Å². The number of pyridine rings is 1. The van der Waals surface area contributed by atoms with E-state index in [0.717, 1.165) is 23.6 Å². The zero-order valence-corrected chi connectivity index (χ0v) is 17.3. The minimum atomic E-state index is -4.47. The third-order valence-electron chi connectivity index (χ3n) is 5.06. The fourth-order valence-electron chi connectivity index (χ4n) is 3.60. The Morgan fingerprint density at radius 2 is 2.10 bits per heavy atom. The summed E-state index contributed by atoms with van der Waals surface area (Å²) in [5, 5.41) is 4.42. The molecule has 1 aliphatic heterocycles. The van der Waals surface area contributed by atoms with E-state index < -0.39 is 11.7 Å². The lowest BCUT2D eigenvalue weighted by molar-refractivity contribution is -0.137. The van der Waals surface area contributed by atoms with E-state index in [1.165, 1.54) is 12.1 Å². The topological polar surface area (TPSA) is 59.2 Å². The van der Waals surface area contributed by atoms with Crippen molar-refractivity contribution in [1.82, 2.24) is 15.0 Å². The number of hydrogen-bond acceptors (Lipinski definition) is 5. The highest BCUT2D eigenvalue weighted by Gasteiger charge is 2.31. The van der Waals surface area contributed by atoms with Crippen LogP contribution in [0.3, 0.4) is 0 Å². The molecule has 30 heavy (non-hydrogen) atoms. The van der Waals surface area contributed by atoms with Crippen LogP contribution in [0, 0.1) is 12.8 Å². The summed E-state index contributed by atoms with van der Waals surface area (Å²) in [5.74, 6) is 1.99. The molecule has 1 unspecified atom stereocenters. The molecule has 1 aromatic carbocycles. The third kappa shape index (κ3) is 4.03. The maximum absolute atomic E-state index is 13.4. The number of carbonyl (C=O) groups is 1. The number of thioether (sulfide) groups is 1. The first-order valence-electron chi connectivity index (χ1n) is 9.55. The predicted molar refractivity (Wildman–Crippen MR) is 109 cm³/mol. The molecule has 0 radical (unpaired) electrons. The van der Waals surface area contributed by atoms with Crippen LogP contribution < -0.4 is 0 Å². The molecule has 2 aromatic heterocycles. The molecular weight excluding hydrogens is 415 g/mol. The first kappa shape index (κ1) is 20.7. The lowest BCUT2D eigenvalue weighted by atomic mass is 10.0. The van der Waals surface area contributed by atoms with E-state index in [2.05, 4.69) is 17.1 Å². The van der Waals surface area contributed by atoms with Gasteiger partial charge in [-0.15, -0.1) is 0 Å². The molecule has 4 rings (SSSR count). The van der Waals surface area contributed by atoms with Crippen molar-refractivity contribution >= 4 is 28.8 Å². The normalized spacial score (nSPS) is 17.9. The Morgan fingerprint density at radius 3 is 2.87 bits per heavy atom. The molecule has 1 amide bonds. The van der Waals surface area contributed by atoms with Gasteiger partial charge in [0.15, 0.2) is 0 Å². The lowest BCUT2D eigenvalue weighted by Gasteiger charge is -2.23. The van der Waals surface area contributed by atoms with E-state index in [9.17, 15) is 18.0 Å². The molecule has 0 N–H and O–H groups in total. The first-order valence-corrected chi connectivity index (χ1v) is 10.7. The van der Waals surface area contributed by atoms with Crippen LogP contribution in [0.15, 0.2) is 34.9 Å². The van der Waals surface area contributed by atoms with Crippen LogP contribution in [0.4, 0.5) is 13.2 Å². The largest absolute Gasteiger partial charge is 0.416 e. The summed E-state index contributed by atoms with van der Waals surface area (Å²) in [6.45, 7) is 5.05. The number of aromatic nitrogens is 2. The number of benzene rings is 1. The molecule has 1 saturated heterocycles. The Hall–Kier alpha value is -2.55. The smallest absolute Gasteiger partial charge is 0.338 e. The van der Waals surface area contributed by atoms with Gasteiger partial charge in [0.1, 0.15) is 0 Å². The van der Waals surface area contributed by atoms with E-state index >= 15 is 0 Å². The van der Waals surface area contributed by atoms with Gasteiger partial charge in [0, 0.05) is 24.4 Å². The van der Waals surface area contributed by atoms with E-state index in [1.807, 2.05) is 11.8 Å². The summed E-state index contributed by atoms with van der Waals surface area (Å²) in [5.41, 5.74) is 0.740. The molecule has 9 heteroatoms. The van der Waals surface area contributed by atoms with Crippen molar-refractivity contribution in [3.05, 3.63) is 47.2 Å². The Balaban J connectivity index is 1.82. The highest BCUT2D eigenvalue weighted by molar-refractivity contribution is 7.99. The molecule has 0 aliphatic carbocycles. The maximum atomic E-state index is 13.4. The Morgan fingerprint density at radius 1 is 1.30 bits per heavy atom. The van der Waals surface area contributed by atoms with E-state index in [4.69, 9.17) is 4.52 Å². The van der Waals surface area contributed by atoms with Crippen LogP contribution >= 0.6 is 11.8 Å². The standard InChI is InChI=1S/C21H20F3N3O2S/c1-12-10-27(6-7-30-11-12)20(28)16-9-17(25-19-18(16)13(2)26-29-19)14-4-3-5-15(8-14)21(22,23)24/h3-5,8-9,12H,6-7,10-11H2,1-2H3. The highest BCUT2D eigenvalue weighted by Crippen LogP contribution is 2.33. The van der Waals surface area contributed by atoms with Gasteiger partial charge in [0.2, 0.25) is 0 Å². The Bertz CT molecular complexity index is 1100. The van der Waals surface area contributed by atoms with Crippen molar-refractivity contribution in [3.63, 3.8) is 0 Å². The molecule has 1 fully saturated rings. The van der Waals surface area contributed by atoms with Gasteiger partial charge >= 0.3 is 6.18 Å². The maximum Gasteiger partial charge on any atom is 0.416 e. The second kappa shape index (κ2) is 7.94. The molecule has 1 aliphatic rings. The molecule has 3 aromatic rings. The number of alkyl halides is 3. The van der Waals surface area contributed by atoms with Crippen LogP contribution in [-0.2, 0) is 6.18 Å². The minimum Gasteiger partial charge on any atom is -0.338 e. The SMILES string of the molecule is Cc1noc2nc(-c3cccc(C(F)(F)F)c3)cc(C(=O)N3CCSCC(C)C3)c12. The van der Waals surface area contributed by atoms with Crippen molar-refractivity contribution in [1.29, 1.82) is 0 Å². The summed E-state index contributed by atoms with van der Waals surface area (Å²) < 4.78 is 44.7. The third-order valence-corrected chi connectivity index (χ3v) is 6.34. The number of carbonyl (C=O) groups excluding carboxylic acids is 1. The van der Waals surface area contributed by atoms with Gasteiger partial charge in [-0.1, -0.05) is 24.2 Å². The Kier molecular flexibility index (Phi) is 5.48. The van der Waals surface area contributed by atoms with Crippen molar-refractivity contribution in [2.45, 2.75) is 20.0 Å². The second-order valence-electron chi connectivity index (χ2n) is 7.51. The van der Waals surface area contributed by atoms with Gasteiger partial charge in [-0.3, -0.25) is 4.79 Å². The van der Waals surface area contributed by atoms with Gasteiger partial charge in [-0.2, -0.15) is 24.9 Å². The van der Waals surface area contributed by atoms with Gasteiger partial charge in [0.05, 0.1) is 27.9 Å². The van der Waals surface area contributed by atoms with Crippen LogP contribution in [0.25, 0.3) is 22.4 Å². The minimum absolute atomic E-state index is 0.142. The summed E-state index contributed by atoms with van der Waals surface area (Å²) >= 11 is 1.81. The van der Waals surface area contributed by atoms with Gasteiger partial charge in [-0.05, 0) is 36.8 Å². The first-order chi connectivity index (χ1) is 14.2. The van der Waals surface area contributed by atoms with Gasteiger partial charge < -0.3 is 9.42 Å². The molecular formula is C21H20F3N3O2S. The quantitative estimate of drug-likeness (QED) is 0.564. The van der Waals surface area contributed by atoms with Crippen LogP contribution in [-0.4, -0.2) is 45.5 Å². The zero-order chi connectivity index (χ0) is 21.5. The summed E-state index contributed by atoms with van der Waals surface area (Å²) in [7, 11) is 0. The monoisotopic (exact) mass is 435 g/mol. The fraction of sp³-hybridized carbons (Fsp3) is 0.381. The average Bonchev–Trinajstić information content (AvgIpc) is 2.95. The van der Waals surface area contributed by atoms with Crippen LogP contribution in [0.2, 0.25) is 0 Å². The van der Waals surface area contributed by atoms with Gasteiger partial charge in [-0.25, -0.2) is 4.98 Å². The van der Waals surface area contributed by atoms with Crippen LogP contribution in [0.1, 0.15) is 28.5 Å². The molecule has 5 nitrogen and oxygen atoms in total. The number of rotatable bonds is 2. The highest BCUT2D eigenvalue weighted by atomic mass is 32.2. The summed E-state index contributed by atoms with van der Waals surface area (Å²) in [6.07, 6.45) is -4.47. The number of nitrogens with zero attached hydrogens (tertiary/aromatic N) is 3. The van der Waals surface area contributed by atoms with Crippen molar-refractivity contribution < 1.29 is 22.5 Å². The molecule has 1 atom stereocenters. The number of hydrogen-bond donors (Lipinski definition) is 0. The number of fused-ring (bicyclic) bond motifs is 1. The van der Waals surface area contributed by atoms with Crippen molar-refractivity contribution in [2.75, 3.05) is 24.6 Å². The molecule has 158 valence electrons. The second-order valence-corrected chi connectivity index (χ2v) is 8.66. The fourth-order valence-corrected chi connectivity index (χ4v) is 4.62. The van der Waals surface area contributed by atoms with Crippen molar-refractivity contribution in [2.24, 2.45) is 5.92 Å². The molecule has 3 heterocycles. The number of amides is 1. The van der Waals surface area contributed by atoms with E-state index in [-0.39, 0.29) is 22.9 Å². The molecule has 0 bridgehead atoms. The molecule has 0 spiro atoms.